The molecule has 3 amide bonds. The number of anilines is 2. The molecule has 1 aromatic carbocycles. The summed E-state index contributed by atoms with van der Waals surface area (Å²) < 4.78 is 5.35. The van der Waals surface area contributed by atoms with Gasteiger partial charge in [0, 0.05) is 36.3 Å². The van der Waals surface area contributed by atoms with Crippen LogP contribution in [0, 0.1) is 0 Å². The molecule has 0 unspecified atom stereocenters. The van der Waals surface area contributed by atoms with Gasteiger partial charge in [0.25, 0.3) is 5.91 Å². The molecule has 1 aromatic heterocycles. The normalized spacial score (nSPS) is 17.2. The third kappa shape index (κ3) is 3.47. The smallest absolute Gasteiger partial charge is 0.322 e. The van der Waals surface area contributed by atoms with Crippen molar-refractivity contribution in [2.24, 2.45) is 0 Å². The molecule has 1 aliphatic carbocycles. The van der Waals surface area contributed by atoms with E-state index in [2.05, 4.69) is 20.8 Å². The first-order valence-corrected chi connectivity index (χ1v) is 9.26. The summed E-state index contributed by atoms with van der Waals surface area (Å²) in [5, 5.41) is 12.8. The summed E-state index contributed by atoms with van der Waals surface area (Å²) in [7, 11) is 1.54. The van der Waals surface area contributed by atoms with Gasteiger partial charge in [-0.05, 0) is 31.0 Å². The Kier molecular flexibility index (Phi) is 4.70. The van der Waals surface area contributed by atoms with Crippen LogP contribution in [0.25, 0.3) is 0 Å². The van der Waals surface area contributed by atoms with Gasteiger partial charge in [-0.3, -0.25) is 14.8 Å². The number of hydrogen-bond acceptors (Lipinski definition) is 4. The first-order valence-electron chi connectivity index (χ1n) is 9.26. The summed E-state index contributed by atoms with van der Waals surface area (Å²) in [5.74, 6) is 1.29. The molecule has 2 heterocycles. The predicted octanol–water partition coefficient (Wildman–Crippen LogP) is 2.86. The van der Waals surface area contributed by atoms with Crippen LogP contribution in [0.1, 0.15) is 47.7 Å². The second-order valence-electron chi connectivity index (χ2n) is 6.91. The number of nitrogens with one attached hydrogen (secondary N) is 3. The van der Waals surface area contributed by atoms with Gasteiger partial charge >= 0.3 is 6.03 Å². The number of ether oxygens (including phenoxy) is 1. The highest BCUT2D eigenvalue weighted by Gasteiger charge is 2.25. The number of urea groups is 1. The number of nitrogens with zero attached hydrogens (tertiary/aromatic N) is 2. The molecule has 27 heavy (non-hydrogen) atoms. The van der Waals surface area contributed by atoms with Crippen LogP contribution in [0.3, 0.4) is 0 Å². The molecule has 142 valence electrons. The van der Waals surface area contributed by atoms with Gasteiger partial charge in [-0.2, -0.15) is 5.10 Å². The van der Waals surface area contributed by atoms with Gasteiger partial charge in [0.1, 0.15) is 5.75 Å². The molecule has 1 aliphatic heterocycles. The van der Waals surface area contributed by atoms with E-state index in [4.69, 9.17) is 4.74 Å². The Bertz CT molecular complexity index is 857. The topological polar surface area (TPSA) is 99.3 Å². The Balaban J connectivity index is 1.52. The van der Waals surface area contributed by atoms with E-state index in [0.717, 1.165) is 18.5 Å². The summed E-state index contributed by atoms with van der Waals surface area (Å²) in [6.45, 7) is 1.10. The summed E-state index contributed by atoms with van der Waals surface area (Å²) in [4.78, 5) is 26.2. The summed E-state index contributed by atoms with van der Waals surface area (Å²) in [6, 6.07) is 6.76. The maximum atomic E-state index is 12.7. The zero-order valence-corrected chi connectivity index (χ0v) is 15.2. The number of carbonyl (C=O) groups is 2. The third-order valence-electron chi connectivity index (χ3n) is 5.22. The minimum atomic E-state index is -0.275. The molecule has 0 spiro atoms. The number of carbonyl (C=O) groups excluding carboxylic acids is 2. The maximum absolute atomic E-state index is 12.7. The number of benzene rings is 1. The van der Waals surface area contributed by atoms with E-state index < -0.39 is 0 Å². The highest BCUT2D eigenvalue weighted by molar-refractivity contribution is 6.05. The van der Waals surface area contributed by atoms with Crippen molar-refractivity contribution in [3.63, 3.8) is 0 Å². The van der Waals surface area contributed by atoms with Crippen molar-refractivity contribution < 1.29 is 14.3 Å². The minimum Gasteiger partial charge on any atom is -0.495 e. The third-order valence-corrected chi connectivity index (χ3v) is 5.22. The van der Waals surface area contributed by atoms with E-state index >= 15 is 0 Å². The van der Waals surface area contributed by atoms with Crippen molar-refractivity contribution in [2.45, 2.75) is 31.6 Å². The second kappa shape index (κ2) is 7.30. The van der Waals surface area contributed by atoms with Gasteiger partial charge in [0.2, 0.25) is 0 Å². The SMILES string of the molecule is COc1ccc(C(=O)Nc2cc(C3CCCC3)[nH]n2)cc1N1CCNC1=O. The zero-order valence-electron chi connectivity index (χ0n) is 15.2. The van der Waals surface area contributed by atoms with Crippen LogP contribution in [0.15, 0.2) is 24.3 Å². The molecule has 4 rings (SSSR count). The van der Waals surface area contributed by atoms with E-state index in [1.165, 1.54) is 12.8 Å². The average molecular weight is 369 g/mol. The molecular formula is C19H23N5O3. The quantitative estimate of drug-likeness (QED) is 0.754. The number of hydrogen-bond donors (Lipinski definition) is 3. The van der Waals surface area contributed by atoms with Crippen molar-refractivity contribution >= 4 is 23.4 Å². The van der Waals surface area contributed by atoms with E-state index in [0.29, 0.717) is 41.8 Å². The largest absolute Gasteiger partial charge is 0.495 e. The van der Waals surface area contributed by atoms with E-state index in [1.54, 1.807) is 30.2 Å². The number of methoxy groups -OCH3 is 1. The van der Waals surface area contributed by atoms with Gasteiger partial charge in [-0.15, -0.1) is 0 Å². The van der Waals surface area contributed by atoms with Crippen LogP contribution >= 0.6 is 0 Å². The highest BCUT2D eigenvalue weighted by Crippen LogP contribution is 2.34. The van der Waals surface area contributed by atoms with Gasteiger partial charge in [0.05, 0.1) is 12.8 Å². The molecule has 3 N–H and O–H groups in total. The van der Waals surface area contributed by atoms with E-state index in [9.17, 15) is 9.59 Å². The number of aromatic nitrogens is 2. The van der Waals surface area contributed by atoms with Gasteiger partial charge in [-0.1, -0.05) is 12.8 Å². The van der Waals surface area contributed by atoms with Crippen molar-refractivity contribution in [1.29, 1.82) is 0 Å². The van der Waals surface area contributed by atoms with Crippen molar-refractivity contribution in [3.8, 4) is 5.75 Å². The summed E-state index contributed by atoms with van der Waals surface area (Å²) in [5.41, 5.74) is 2.09. The second-order valence-corrected chi connectivity index (χ2v) is 6.91. The molecule has 1 saturated heterocycles. The predicted molar refractivity (Wildman–Crippen MR) is 101 cm³/mol. The van der Waals surface area contributed by atoms with Gasteiger partial charge in [-0.25, -0.2) is 4.79 Å². The van der Waals surface area contributed by atoms with E-state index in [1.807, 2.05) is 6.07 Å². The fourth-order valence-electron chi connectivity index (χ4n) is 3.78. The van der Waals surface area contributed by atoms with Gasteiger partial charge < -0.3 is 15.4 Å². The van der Waals surface area contributed by atoms with Crippen LogP contribution in [-0.2, 0) is 0 Å². The monoisotopic (exact) mass is 369 g/mol. The molecule has 2 aromatic rings. The van der Waals surface area contributed by atoms with Crippen LogP contribution < -0.4 is 20.3 Å². The zero-order chi connectivity index (χ0) is 18.8. The van der Waals surface area contributed by atoms with E-state index in [-0.39, 0.29) is 11.9 Å². The molecule has 2 aliphatic rings. The number of amides is 3. The molecule has 0 bridgehead atoms. The van der Waals surface area contributed by atoms with Crippen LogP contribution in [-0.4, -0.2) is 42.3 Å². The molecule has 1 saturated carbocycles. The van der Waals surface area contributed by atoms with Crippen LogP contribution in [0.4, 0.5) is 16.3 Å². The van der Waals surface area contributed by atoms with Crippen molar-refractivity contribution in [3.05, 3.63) is 35.5 Å². The van der Waals surface area contributed by atoms with Crippen LogP contribution in [0.2, 0.25) is 0 Å². The first-order chi connectivity index (χ1) is 13.2. The fourth-order valence-corrected chi connectivity index (χ4v) is 3.78. The standard InChI is InChI=1S/C19H23N5O3/c1-27-16-7-6-13(10-15(16)24-9-8-20-19(24)26)18(25)21-17-11-14(22-23-17)12-4-2-3-5-12/h6-7,10-12H,2-5,8-9H2,1H3,(H,20,26)(H2,21,22,23,25). The molecule has 0 atom stereocenters. The lowest BCUT2D eigenvalue weighted by molar-refractivity contribution is 0.102. The average Bonchev–Trinajstić information content (AvgIpc) is 3.42. The lowest BCUT2D eigenvalue weighted by Gasteiger charge is -2.18. The molecule has 8 heteroatoms. The first kappa shape index (κ1) is 17.4. The number of H-pyrrole nitrogens is 1. The van der Waals surface area contributed by atoms with Crippen molar-refractivity contribution in [1.82, 2.24) is 15.5 Å². The van der Waals surface area contributed by atoms with Crippen molar-refractivity contribution in [2.75, 3.05) is 30.4 Å². The minimum absolute atomic E-state index is 0.195. The number of aromatic amines is 1. The molecule has 8 nitrogen and oxygen atoms in total. The Morgan fingerprint density at radius 3 is 2.81 bits per heavy atom. The fraction of sp³-hybridized carbons (Fsp3) is 0.421. The van der Waals surface area contributed by atoms with Crippen LogP contribution in [0.5, 0.6) is 5.75 Å². The maximum Gasteiger partial charge on any atom is 0.322 e. The highest BCUT2D eigenvalue weighted by atomic mass is 16.5. The summed E-state index contributed by atoms with van der Waals surface area (Å²) in [6.07, 6.45) is 4.80. The Morgan fingerprint density at radius 1 is 1.30 bits per heavy atom. The summed E-state index contributed by atoms with van der Waals surface area (Å²) >= 11 is 0. The van der Waals surface area contributed by atoms with Gasteiger partial charge in [0.15, 0.2) is 5.82 Å². The number of rotatable bonds is 5. The lowest BCUT2D eigenvalue weighted by atomic mass is 10.0. The molecule has 2 fully saturated rings. The Morgan fingerprint density at radius 2 is 2.11 bits per heavy atom. The molecular weight excluding hydrogens is 346 g/mol. The molecule has 0 radical (unpaired) electrons. The Labute approximate surface area is 157 Å². The Hall–Kier alpha value is -3.03. The lowest BCUT2D eigenvalue weighted by Crippen LogP contribution is -2.28.